The number of ether oxygens (including phenoxy) is 2. The van der Waals surface area contributed by atoms with E-state index in [2.05, 4.69) is 17.3 Å². The van der Waals surface area contributed by atoms with Gasteiger partial charge in [-0.1, -0.05) is 6.92 Å². The molecule has 2 aromatic rings. The third-order valence-corrected chi connectivity index (χ3v) is 3.20. The van der Waals surface area contributed by atoms with E-state index in [4.69, 9.17) is 9.47 Å². The first-order valence-electron chi connectivity index (χ1n) is 6.65. The molecule has 0 amide bonds. The zero-order valence-electron chi connectivity index (χ0n) is 12.4. The Morgan fingerprint density at radius 1 is 1.25 bits per heavy atom. The monoisotopic (exact) mass is 275 g/mol. The molecule has 2 rings (SSSR count). The van der Waals surface area contributed by atoms with Crippen LogP contribution in [0.5, 0.6) is 11.5 Å². The lowest BCUT2D eigenvalue weighted by molar-refractivity contribution is 0.399. The predicted molar refractivity (Wildman–Crippen MR) is 79.5 cm³/mol. The second-order valence-electron chi connectivity index (χ2n) is 4.55. The summed E-state index contributed by atoms with van der Waals surface area (Å²) < 4.78 is 12.5. The van der Waals surface area contributed by atoms with Crippen molar-refractivity contribution < 1.29 is 9.47 Å². The number of nitrogens with zero attached hydrogens (tertiary/aromatic N) is 2. The molecule has 1 aromatic carbocycles. The Morgan fingerprint density at radius 2 is 2.05 bits per heavy atom. The van der Waals surface area contributed by atoms with Crippen molar-refractivity contribution >= 4 is 5.69 Å². The van der Waals surface area contributed by atoms with Gasteiger partial charge in [-0.05, 0) is 24.6 Å². The number of benzene rings is 1. The Balaban J connectivity index is 2.17. The number of anilines is 1. The Kier molecular flexibility index (Phi) is 4.50. The van der Waals surface area contributed by atoms with E-state index in [9.17, 15) is 0 Å². The molecule has 5 heteroatoms. The van der Waals surface area contributed by atoms with Gasteiger partial charge in [0, 0.05) is 25.4 Å². The number of aromatic nitrogens is 2. The molecule has 0 saturated heterocycles. The number of rotatable bonds is 6. The molecule has 0 unspecified atom stereocenters. The van der Waals surface area contributed by atoms with Gasteiger partial charge in [-0.3, -0.25) is 4.68 Å². The number of aryl methyl sites for hydroxylation is 2. The summed E-state index contributed by atoms with van der Waals surface area (Å²) in [7, 11) is 5.26. The van der Waals surface area contributed by atoms with E-state index in [1.54, 1.807) is 14.2 Å². The summed E-state index contributed by atoms with van der Waals surface area (Å²) in [5.74, 6) is 1.67. The van der Waals surface area contributed by atoms with E-state index >= 15 is 0 Å². The summed E-state index contributed by atoms with van der Waals surface area (Å²) in [6.07, 6.45) is 2.89. The van der Waals surface area contributed by atoms with Gasteiger partial charge in [0.1, 0.15) is 11.5 Å². The summed E-state index contributed by atoms with van der Waals surface area (Å²) in [4.78, 5) is 0. The molecular formula is C15H21N3O2. The van der Waals surface area contributed by atoms with Crippen molar-refractivity contribution in [3.63, 3.8) is 0 Å². The maximum Gasteiger partial charge on any atom is 0.124 e. The van der Waals surface area contributed by atoms with E-state index in [-0.39, 0.29) is 0 Å². The number of hydrogen-bond donors (Lipinski definition) is 1. The maximum atomic E-state index is 5.38. The average molecular weight is 275 g/mol. The fourth-order valence-corrected chi connectivity index (χ4v) is 2.15. The lowest BCUT2D eigenvalue weighted by Crippen LogP contribution is -2.03. The number of methoxy groups -OCH3 is 2. The van der Waals surface area contributed by atoms with E-state index < -0.39 is 0 Å². The van der Waals surface area contributed by atoms with Gasteiger partial charge in [0.05, 0.1) is 25.6 Å². The summed E-state index contributed by atoms with van der Waals surface area (Å²) >= 11 is 0. The molecule has 0 aliphatic carbocycles. The van der Waals surface area contributed by atoms with Crippen LogP contribution in [0.15, 0.2) is 24.4 Å². The Hall–Kier alpha value is -2.17. The van der Waals surface area contributed by atoms with Gasteiger partial charge in [0.25, 0.3) is 0 Å². The van der Waals surface area contributed by atoms with Gasteiger partial charge in [0.15, 0.2) is 0 Å². The lowest BCUT2D eigenvalue weighted by atomic mass is 10.2. The van der Waals surface area contributed by atoms with E-state index in [0.717, 1.165) is 34.9 Å². The highest BCUT2D eigenvalue weighted by Gasteiger charge is 2.08. The van der Waals surface area contributed by atoms with Crippen LogP contribution in [0.4, 0.5) is 5.69 Å². The highest BCUT2D eigenvalue weighted by Crippen LogP contribution is 2.25. The normalized spacial score (nSPS) is 10.4. The molecule has 20 heavy (non-hydrogen) atoms. The maximum absolute atomic E-state index is 5.38. The third kappa shape index (κ3) is 3.04. The van der Waals surface area contributed by atoms with Crippen molar-refractivity contribution in [2.24, 2.45) is 7.05 Å². The first-order chi connectivity index (χ1) is 9.67. The van der Waals surface area contributed by atoms with E-state index in [1.165, 1.54) is 0 Å². The predicted octanol–water partition coefficient (Wildman–Crippen LogP) is 2.61. The van der Waals surface area contributed by atoms with Gasteiger partial charge >= 0.3 is 0 Å². The van der Waals surface area contributed by atoms with Crippen molar-refractivity contribution in [1.82, 2.24) is 9.78 Å². The van der Waals surface area contributed by atoms with Gasteiger partial charge in [0.2, 0.25) is 0 Å². The average Bonchev–Trinajstić information content (AvgIpc) is 2.84. The minimum atomic E-state index is 0.666. The fraction of sp³-hybridized carbons (Fsp3) is 0.400. The van der Waals surface area contributed by atoms with Crippen molar-refractivity contribution in [3.8, 4) is 11.5 Å². The van der Waals surface area contributed by atoms with Gasteiger partial charge in [-0.2, -0.15) is 5.10 Å². The van der Waals surface area contributed by atoms with Gasteiger partial charge in [-0.25, -0.2) is 0 Å². The molecule has 0 spiro atoms. The first kappa shape index (κ1) is 14.2. The van der Waals surface area contributed by atoms with Crippen LogP contribution in [0, 0.1) is 0 Å². The molecule has 5 nitrogen and oxygen atoms in total. The van der Waals surface area contributed by atoms with Crippen molar-refractivity contribution in [2.45, 2.75) is 19.9 Å². The molecule has 108 valence electrons. The zero-order chi connectivity index (χ0) is 14.5. The van der Waals surface area contributed by atoms with Crippen molar-refractivity contribution in [2.75, 3.05) is 19.5 Å². The number of nitrogens with one attached hydrogen (secondary N) is 1. The quantitative estimate of drug-likeness (QED) is 0.880. The molecule has 0 aliphatic rings. The molecule has 0 fully saturated rings. The minimum absolute atomic E-state index is 0.666. The topological polar surface area (TPSA) is 48.3 Å². The van der Waals surface area contributed by atoms with Crippen LogP contribution >= 0.6 is 0 Å². The van der Waals surface area contributed by atoms with Crippen LogP contribution in [-0.4, -0.2) is 24.0 Å². The highest BCUT2D eigenvalue weighted by molar-refractivity contribution is 5.49. The SMILES string of the molecule is CCc1nn(C)cc1NCc1cc(OC)ccc1OC. The Morgan fingerprint density at radius 3 is 2.70 bits per heavy atom. The second-order valence-corrected chi connectivity index (χ2v) is 4.55. The summed E-state index contributed by atoms with van der Waals surface area (Å²) in [5.41, 5.74) is 3.17. The van der Waals surface area contributed by atoms with Crippen LogP contribution < -0.4 is 14.8 Å². The molecule has 0 atom stereocenters. The lowest BCUT2D eigenvalue weighted by Gasteiger charge is -2.11. The molecule has 0 saturated carbocycles. The molecule has 0 bridgehead atoms. The molecule has 0 aliphatic heterocycles. The largest absolute Gasteiger partial charge is 0.497 e. The minimum Gasteiger partial charge on any atom is -0.497 e. The van der Waals surface area contributed by atoms with Crippen LogP contribution in [0.3, 0.4) is 0 Å². The molecular weight excluding hydrogens is 254 g/mol. The van der Waals surface area contributed by atoms with E-state index in [1.807, 2.05) is 36.1 Å². The Bertz CT molecular complexity index is 578. The fourth-order valence-electron chi connectivity index (χ4n) is 2.15. The van der Waals surface area contributed by atoms with Crippen LogP contribution in [-0.2, 0) is 20.0 Å². The summed E-state index contributed by atoms with van der Waals surface area (Å²) in [6, 6.07) is 5.79. The van der Waals surface area contributed by atoms with Gasteiger partial charge in [-0.15, -0.1) is 0 Å². The third-order valence-electron chi connectivity index (χ3n) is 3.20. The van der Waals surface area contributed by atoms with Gasteiger partial charge < -0.3 is 14.8 Å². The van der Waals surface area contributed by atoms with E-state index in [0.29, 0.717) is 6.54 Å². The smallest absolute Gasteiger partial charge is 0.124 e. The second kappa shape index (κ2) is 6.32. The molecule has 0 radical (unpaired) electrons. The first-order valence-corrected chi connectivity index (χ1v) is 6.65. The summed E-state index contributed by atoms with van der Waals surface area (Å²) in [6.45, 7) is 2.76. The number of hydrogen-bond acceptors (Lipinski definition) is 4. The van der Waals surface area contributed by atoms with Crippen molar-refractivity contribution in [3.05, 3.63) is 35.7 Å². The zero-order valence-corrected chi connectivity index (χ0v) is 12.4. The highest BCUT2D eigenvalue weighted by atomic mass is 16.5. The van der Waals surface area contributed by atoms with Crippen LogP contribution in [0.25, 0.3) is 0 Å². The van der Waals surface area contributed by atoms with Crippen LogP contribution in [0.2, 0.25) is 0 Å². The Labute approximate surface area is 119 Å². The van der Waals surface area contributed by atoms with Crippen LogP contribution in [0.1, 0.15) is 18.2 Å². The van der Waals surface area contributed by atoms with Crippen molar-refractivity contribution in [1.29, 1.82) is 0 Å². The molecule has 1 aromatic heterocycles. The molecule has 1 heterocycles. The standard InChI is InChI=1S/C15H21N3O2/c1-5-13-14(10-18(2)17-13)16-9-11-8-12(19-3)6-7-15(11)20-4/h6-8,10,16H,5,9H2,1-4H3. The molecule has 1 N–H and O–H groups in total. The summed E-state index contributed by atoms with van der Waals surface area (Å²) in [5, 5.41) is 7.82.